The fraction of sp³-hybridized carbons (Fsp3) is 0.188. The molecule has 0 aliphatic heterocycles. The van der Waals surface area contributed by atoms with Gasteiger partial charge in [0, 0.05) is 5.02 Å². The summed E-state index contributed by atoms with van der Waals surface area (Å²) in [7, 11) is 1.29. The Morgan fingerprint density at radius 2 is 1.77 bits per heavy atom. The van der Waals surface area contributed by atoms with Crippen molar-refractivity contribution in [3.8, 4) is 11.5 Å². The van der Waals surface area contributed by atoms with E-state index < -0.39 is 5.97 Å². The van der Waals surface area contributed by atoms with Crippen molar-refractivity contribution in [1.29, 1.82) is 0 Å². The Morgan fingerprint density at radius 1 is 1.09 bits per heavy atom. The summed E-state index contributed by atoms with van der Waals surface area (Å²) in [6, 6.07) is 10.3. The van der Waals surface area contributed by atoms with Crippen molar-refractivity contribution in [1.82, 2.24) is 0 Å². The van der Waals surface area contributed by atoms with E-state index in [2.05, 4.69) is 4.74 Å². The second-order valence-electron chi connectivity index (χ2n) is 4.28. The van der Waals surface area contributed by atoms with E-state index in [1.165, 1.54) is 43.5 Å². The second kappa shape index (κ2) is 7.66. The highest BCUT2D eigenvalue weighted by atomic mass is 35.5. The van der Waals surface area contributed by atoms with Crippen LogP contribution in [0.3, 0.4) is 0 Å². The fourth-order valence-corrected chi connectivity index (χ4v) is 1.90. The lowest BCUT2D eigenvalue weighted by Gasteiger charge is -2.11. The van der Waals surface area contributed by atoms with Gasteiger partial charge in [-0.3, -0.25) is 0 Å². The Kier molecular flexibility index (Phi) is 5.61. The van der Waals surface area contributed by atoms with Gasteiger partial charge in [0.15, 0.2) is 0 Å². The number of halogens is 2. The molecular weight excluding hydrogens is 311 g/mol. The van der Waals surface area contributed by atoms with Crippen molar-refractivity contribution < 1.29 is 23.4 Å². The van der Waals surface area contributed by atoms with Gasteiger partial charge >= 0.3 is 5.97 Å². The van der Waals surface area contributed by atoms with Gasteiger partial charge in [0.05, 0.1) is 7.11 Å². The first-order chi connectivity index (χ1) is 10.6. The van der Waals surface area contributed by atoms with Crippen molar-refractivity contribution in [2.24, 2.45) is 0 Å². The van der Waals surface area contributed by atoms with Gasteiger partial charge in [0.25, 0.3) is 0 Å². The molecule has 116 valence electrons. The zero-order valence-corrected chi connectivity index (χ0v) is 12.6. The standard InChI is InChI=1S/C16H14ClFO4/c1-20-16(19)14-7-2-11(17)10-15(14)22-9-8-21-13-5-3-12(18)4-6-13/h2-7,10H,8-9H2,1H3. The quantitative estimate of drug-likeness (QED) is 0.600. The number of esters is 1. The van der Waals surface area contributed by atoms with Crippen LogP contribution in [0.1, 0.15) is 10.4 Å². The zero-order valence-electron chi connectivity index (χ0n) is 11.8. The summed E-state index contributed by atoms with van der Waals surface area (Å²) in [5.74, 6) is 0.0164. The minimum atomic E-state index is -0.508. The first kappa shape index (κ1) is 16.1. The van der Waals surface area contributed by atoms with Crippen molar-refractivity contribution >= 4 is 17.6 Å². The van der Waals surface area contributed by atoms with Crippen LogP contribution in [0.15, 0.2) is 42.5 Å². The van der Waals surface area contributed by atoms with Crippen LogP contribution in [-0.4, -0.2) is 26.3 Å². The molecule has 4 nitrogen and oxygen atoms in total. The molecule has 0 fully saturated rings. The number of carbonyl (C=O) groups excluding carboxylic acids is 1. The Morgan fingerprint density at radius 3 is 2.45 bits per heavy atom. The molecule has 22 heavy (non-hydrogen) atoms. The van der Waals surface area contributed by atoms with Gasteiger partial charge in [-0.25, -0.2) is 9.18 Å². The molecule has 0 aromatic heterocycles. The smallest absolute Gasteiger partial charge is 0.341 e. The fourth-order valence-electron chi connectivity index (χ4n) is 1.74. The number of hydrogen-bond donors (Lipinski definition) is 0. The van der Waals surface area contributed by atoms with Crippen molar-refractivity contribution in [2.75, 3.05) is 20.3 Å². The highest BCUT2D eigenvalue weighted by molar-refractivity contribution is 6.30. The molecule has 0 saturated heterocycles. The monoisotopic (exact) mass is 324 g/mol. The Bertz CT molecular complexity index is 643. The van der Waals surface area contributed by atoms with Gasteiger partial charge in [-0.1, -0.05) is 11.6 Å². The molecule has 0 aliphatic rings. The van der Waals surface area contributed by atoms with Gasteiger partial charge < -0.3 is 14.2 Å². The van der Waals surface area contributed by atoms with Gasteiger partial charge in [0.2, 0.25) is 0 Å². The zero-order chi connectivity index (χ0) is 15.9. The Labute approximate surface area is 132 Å². The Hall–Kier alpha value is -2.27. The summed E-state index contributed by atoms with van der Waals surface area (Å²) < 4.78 is 28.3. The summed E-state index contributed by atoms with van der Waals surface area (Å²) >= 11 is 5.89. The average Bonchev–Trinajstić information content (AvgIpc) is 2.52. The number of rotatable bonds is 6. The molecule has 0 bridgehead atoms. The molecule has 0 N–H and O–H groups in total. The van der Waals surface area contributed by atoms with Gasteiger partial charge in [-0.05, 0) is 42.5 Å². The van der Waals surface area contributed by atoms with Crippen LogP contribution in [0.5, 0.6) is 11.5 Å². The lowest BCUT2D eigenvalue weighted by Crippen LogP contribution is -2.12. The van der Waals surface area contributed by atoms with Crippen LogP contribution in [0.2, 0.25) is 5.02 Å². The van der Waals surface area contributed by atoms with Gasteiger partial charge in [-0.2, -0.15) is 0 Å². The number of methoxy groups -OCH3 is 1. The largest absolute Gasteiger partial charge is 0.490 e. The minimum absolute atomic E-state index is 0.196. The normalized spacial score (nSPS) is 10.1. The summed E-state index contributed by atoms with van der Waals surface area (Å²) in [5, 5.41) is 0.446. The number of hydrogen-bond acceptors (Lipinski definition) is 4. The van der Waals surface area contributed by atoms with Crippen LogP contribution in [-0.2, 0) is 4.74 Å². The van der Waals surface area contributed by atoms with E-state index in [1.54, 1.807) is 6.07 Å². The first-order valence-electron chi connectivity index (χ1n) is 6.49. The summed E-state index contributed by atoms with van der Waals surface area (Å²) in [5.41, 5.74) is 0.286. The lowest BCUT2D eigenvalue weighted by atomic mass is 10.2. The molecule has 0 radical (unpaired) electrons. The predicted octanol–water partition coefficient (Wildman–Crippen LogP) is 3.72. The molecule has 2 aromatic rings. The van der Waals surface area contributed by atoms with Crippen molar-refractivity contribution in [2.45, 2.75) is 0 Å². The predicted molar refractivity (Wildman–Crippen MR) is 80.2 cm³/mol. The summed E-state index contributed by atoms with van der Waals surface area (Å²) in [4.78, 5) is 11.6. The van der Waals surface area contributed by atoms with Crippen LogP contribution in [0.4, 0.5) is 4.39 Å². The second-order valence-corrected chi connectivity index (χ2v) is 4.72. The minimum Gasteiger partial charge on any atom is -0.490 e. The van der Waals surface area contributed by atoms with Gasteiger partial charge in [-0.15, -0.1) is 0 Å². The molecule has 0 heterocycles. The third-order valence-electron chi connectivity index (χ3n) is 2.77. The molecule has 0 saturated carbocycles. The summed E-state index contributed by atoms with van der Waals surface area (Å²) in [6.07, 6.45) is 0. The molecular formula is C16H14ClFO4. The molecule has 0 unspecified atom stereocenters. The molecule has 2 aromatic carbocycles. The van der Waals surface area contributed by atoms with Crippen molar-refractivity contribution in [3.05, 3.63) is 58.9 Å². The third kappa shape index (κ3) is 4.36. The lowest BCUT2D eigenvalue weighted by molar-refractivity contribution is 0.0595. The molecule has 0 aliphatic carbocycles. The van der Waals surface area contributed by atoms with Crippen molar-refractivity contribution in [3.63, 3.8) is 0 Å². The molecule has 0 atom stereocenters. The maximum atomic E-state index is 12.8. The van der Waals surface area contributed by atoms with E-state index >= 15 is 0 Å². The molecule has 0 amide bonds. The van der Waals surface area contributed by atoms with Crippen LogP contribution >= 0.6 is 11.6 Å². The molecule has 2 rings (SSSR count). The van der Waals surface area contributed by atoms with E-state index in [-0.39, 0.29) is 24.6 Å². The van der Waals surface area contributed by atoms with E-state index in [4.69, 9.17) is 21.1 Å². The van der Waals surface area contributed by atoms with Crippen LogP contribution in [0, 0.1) is 5.82 Å². The average molecular weight is 325 g/mol. The summed E-state index contributed by atoms with van der Waals surface area (Å²) in [6.45, 7) is 0.431. The third-order valence-corrected chi connectivity index (χ3v) is 3.01. The maximum Gasteiger partial charge on any atom is 0.341 e. The van der Waals surface area contributed by atoms with E-state index in [0.29, 0.717) is 16.5 Å². The number of benzene rings is 2. The van der Waals surface area contributed by atoms with E-state index in [1.807, 2.05) is 0 Å². The molecule has 6 heteroatoms. The highest BCUT2D eigenvalue weighted by Crippen LogP contribution is 2.24. The maximum absolute atomic E-state index is 12.8. The van der Waals surface area contributed by atoms with Crippen LogP contribution in [0.25, 0.3) is 0 Å². The highest BCUT2D eigenvalue weighted by Gasteiger charge is 2.13. The number of ether oxygens (including phenoxy) is 3. The number of carbonyl (C=O) groups is 1. The molecule has 0 spiro atoms. The SMILES string of the molecule is COC(=O)c1ccc(Cl)cc1OCCOc1ccc(F)cc1. The topological polar surface area (TPSA) is 44.8 Å². The van der Waals surface area contributed by atoms with Gasteiger partial charge in [0.1, 0.15) is 36.1 Å². The van der Waals surface area contributed by atoms with Crippen LogP contribution < -0.4 is 9.47 Å². The Balaban J connectivity index is 1.92. The first-order valence-corrected chi connectivity index (χ1v) is 6.87. The van der Waals surface area contributed by atoms with E-state index in [9.17, 15) is 9.18 Å². The van der Waals surface area contributed by atoms with E-state index in [0.717, 1.165) is 0 Å².